The topological polar surface area (TPSA) is 50.2 Å². The van der Waals surface area contributed by atoms with Crippen molar-refractivity contribution in [1.29, 1.82) is 0 Å². The molecule has 0 fully saturated rings. The van der Waals surface area contributed by atoms with Gasteiger partial charge in [0.15, 0.2) is 5.01 Å². The zero-order chi connectivity index (χ0) is 10.9. The van der Waals surface area contributed by atoms with Crippen LogP contribution in [-0.4, -0.2) is 16.1 Å². The lowest BCUT2D eigenvalue weighted by molar-refractivity contribution is -0.137. The van der Waals surface area contributed by atoms with Crippen LogP contribution in [0.25, 0.3) is 0 Å². The van der Waals surface area contributed by atoms with Crippen molar-refractivity contribution in [3.05, 3.63) is 15.6 Å². The van der Waals surface area contributed by atoms with Crippen molar-refractivity contribution in [3.8, 4) is 0 Å². The molecule has 1 rings (SSSR count). The minimum atomic E-state index is -4.57. The third-order valence-corrected chi connectivity index (χ3v) is 2.60. The molecule has 1 aromatic rings. The number of aromatic carboxylic acids is 1. The van der Waals surface area contributed by atoms with Gasteiger partial charge in [-0.15, -0.1) is 11.3 Å². The monoisotopic (exact) mass is 225 g/mol. The van der Waals surface area contributed by atoms with E-state index in [-0.39, 0.29) is 28.3 Å². The Balaban J connectivity index is 3.20. The number of thiazole rings is 1. The molecule has 0 saturated carbocycles. The molecule has 0 atom stereocenters. The minimum absolute atomic E-state index is 0.0187. The van der Waals surface area contributed by atoms with Gasteiger partial charge in [-0.05, 0) is 6.42 Å². The molecule has 0 aliphatic carbocycles. The Hall–Kier alpha value is -1.11. The molecule has 0 bridgehead atoms. The number of rotatable bonds is 2. The Morgan fingerprint density at radius 1 is 1.57 bits per heavy atom. The van der Waals surface area contributed by atoms with E-state index < -0.39 is 17.2 Å². The second-order valence-corrected chi connectivity index (χ2v) is 3.45. The van der Waals surface area contributed by atoms with E-state index in [0.717, 1.165) is 0 Å². The molecule has 0 aliphatic rings. The van der Waals surface area contributed by atoms with Crippen LogP contribution in [0, 0.1) is 0 Å². The number of carboxylic acids is 1. The highest BCUT2D eigenvalue weighted by atomic mass is 32.1. The highest BCUT2D eigenvalue weighted by Crippen LogP contribution is 2.34. The van der Waals surface area contributed by atoms with Gasteiger partial charge in [-0.3, -0.25) is 0 Å². The number of carbonyl (C=O) groups is 1. The fourth-order valence-electron chi connectivity index (χ4n) is 0.880. The molecule has 0 amide bonds. The molecule has 0 radical (unpaired) electrons. The summed E-state index contributed by atoms with van der Waals surface area (Å²) < 4.78 is 36.4. The zero-order valence-electron chi connectivity index (χ0n) is 7.05. The standard InChI is InChI=1S/C7H6F3NO2S/c1-2-3-4(5(12)13)14-6(11-3)7(8,9)10/h2H2,1H3,(H,12,13). The van der Waals surface area contributed by atoms with Crippen LogP contribution in [0.15, 0.2) is 0 Å². The molecule has 1 N–H and O–H groups in total. The van der Waals surface area contributed by atoms with E-state index in [1.165, 1.54) is 0 Å². The van der Waals surface area contributed by atoms with Crippen molar-refractivity contribution < 1.29 is 23.1 Å². The van der Waals surface area contributed by atoms with Gasteiger partial charge in [0.25, 0.3) is 0 Å². The number of halogens is 3. The number of aryl methyl sites for hydroxylation is 1. The molecule has 1 aromatic heterocycles. The average Bonchev–Trinajstić information content (AvgIpc) is 2.45. The molecule has 7 heteroatoms. The van der Waals surface area contributed by atoms with Gasteiger partial charge in [0.05, 0.1) is 5.69 Å². The fourth-order valence-corrected chi connectivity index (χ4v) is 1.74. The number of hydrogen-bond donors (Lipinski definition) is 1. The summed E-state index contributed by atoms with van der Waals surface area (Å²) in [5.41, 5.74) is -0.0187. The number of aromatic nitrogens is 1. The van der Waals surface area contributed by atoms with Crippen LogP contribution in [0.2, 0.25) is 0 Å². The van der Waals surface area contributed by atoms with Crippen LogP contribution in [0.3, 0.4) is 0 Å². The highest BCUT2D eigenvalue weighted by Gasteiger charge is 2.36. The van der Waals surface area contributed by atoms with Crippen LogP contribution >= 0.6 is 11.3 Å². The number of carboxylic acid groups (broad SMARTS) is 1. The number of nitrogens with zero attached hydrogens (tertiary/aromatic N) is 1. The highest BCUT2D eigenvalue weighted by molar-refractivity contribution is 7.13. The van der Waals surface area contributed by atoms with Crippen molar-refractivity contribution in [2.75, 3.05) is 0 Å². The van der Waals surface area contributed by atoms with Crippen molar-refractivity contribution in [1.82, 2.24) is 4.98 Å². The molecule has 14 heavy (non-hydrogen) atoms. The van der Waals surface area contributed by atoms with E-state index in [9.17, 15) is 18.0 Å². The first-order valence-corrected chi connectivity index (χ1v) is 4.48. The molecular weight excluding hydrogens is 219 g/mol. The number of alkyl halides is 3. The van der Waals surface area contributed by atoms with Crippen LogP contribution in [-0.2, 0) is 12.6 Å². The van der Waals surface area contributed by atoms with Crippen molar-refractivity contribution >= 4 is 17.3 Å². The average molecular weight is 225 g/mol. The summed E-state index contributed by atoms with van der Waals surface area (Å²) >= 11 is 0.163. The van der Waals surface area contributed by atoms with Gasteiger partial charge >= 0.3 is 12.1 Å². The Morgan fingerprint density at radius 3 is 2.43 bits per heavy atom. The summed E-state index contributed by atoms with van der Waals surface area (Å²) in [5, 5.41) is 7.47. The normalized spacial score (nSPS) is 11.7. The lowest BCUT2D eigenvalue weighted by Gasteiger charge is -1.98. The summed E-state index contributed by atoms with van der Waals surface area (Å²) in [4.78, 5) is 13.4. The number of hydrogen-bond acceptors (Lipinski definition) is 3. The van der Waals surface area contributed by atoms with E-state index in [1.807, 2.05) is 0 Å². The van der Waals surface area contributed by atoms with Gasteiger partial charge in [-0.25, -0.2) is 9.78 Å². The second-order valence-electron chi connectivity index (χ2n) is 2.45. The molecule has 0 saturated heterocycles. The Bertz CT molecular complexity index is 358. The third-order valence-electron chi connectivity index (χ3n) is 1.47. The summed E-state index contributed by atoms with van der Waals surface area (Å²) in [5.74, 6) is -1.37. The van der Waals surface area contributed by atoms with Crippen LogP contribution < -0.4 is 0 Å². The predicted octanol–water partition coefficient (Wildman–Crippen LogP) is 2.42. The summed E-state index contributed by atoms with van der Waals surface area (Å²) in [7, 11) is 0. The van der Waals surface area contributed by atoms with Crippen LogP contribution in [0.1, 0.15) is 27.3 Å². The second kappa shape index (κ2) is 3.56. The first-order valence-electron chi connectivity index (χ1n) is 3.66. The summed E-state index contributed by atoms with van der Waals surface area (Å²) in [6.45, 7) is 1.56. The minimum Gasteiger partial charge on any atom is -0.477 e. The maximum Gasteiger partial charge on any atom is 0.443 e. The van der Waals surface area contributed by atoms with Crippen molar-refractivity contribution in [3.63, 3.8) is 0 Å². The Labute approximate surface area is 81.2 Å². The van der Waals surface area contributed by atoms with Gasteiger partial charge in [0, 0.05) is 0 Å². The lowest BCUT2D eigenvalue weighted by atomic mass is 10.3. The van der Waals surface area contributed by atoms with Crippen LogP contribution in [0.5, 0.6) is 0 Å². The first kappa shape index (κ1) is 11.0. The maximum absolute atomic E-state index is 12.1. The van der Waals surface area contributed by atoms with E-state index >= 15 is 0 Å². The molecular formula is C7H6F3NO2S. The third kappa shape index (κ3) is 2.03. The van der Waals surface area contributed by atoms with E-state index in [2.05, 4.69) is 4.98 Å². The van der Waals surface area contributed by atoms with Gasteiger partial charge < -0.3 is 5.11 Å². The summed E-state index contributed by atoms with van der Waals surface area (Å²) in [6.07, 6.45) is -4.39. The van der Waals surface area contributed by atoms with Crippen molar-refractivity contribution in [2.24, 2.45) is 0 Å². The Kier molecular flexibility index (Phi) is 2.79. The molecule has 1 heterocycles. The molecule has 0 unspecified atom stereocenters. The Morgan fingerprint density at radius 2 is 2.14 bits per heavy atom. The maximum atomic E-state index is 12.1. The SMILES string of the molecule is CCc1nc(C(F)(F)F)sc1C(=O)O. The van der Waals surface area contributed by atoms with Gasteiger partial charge in [0.1, 0.15) is 4.88 Å². The summed E-state index contributed by atoms with van der Waals surface area (Å²) in [6, 6.07) is 0. The van der Waals surface area contributed by atoms with Gasteiger partial charge in [0.2, 0.25) is 0 Å². The van der Waals surface area contributed by atoms with Gasteiger partial charge in [-0.1, -0.05) is 6.92 Å². The largest absolute Gasteiger partial charge is 0.477 e. The van der Waals surface area contributed by atoms with E-state index in [1.54, 1.807) is 6.92 Å². The predicted molar refractivity (Wildman–Crippen MR) is 43.5 cm³/mol. The van der Waals surface area contributed by atoms with Gasteiger partial charge in [-0.2, -0.15) is 13.2 Å². The smallest absolute Gasteiger partial charge is 0.443 e. The van der Waals surface area contributed by atoms with E-state index in [4.69, 9.17) is 5.11 Å². The molecule has 3 nitrogen and oxygen atoms in total. The first-order chi connectivity index (χ1) is 6.36. The molecule has 0 spiro atoms. The van der Waals surface area contributed by atoms with Crippen LogP contribution in [0.4, 0.5) is 13.2 Å². The zero-order valence-corrected chi connectivity index (χ0v) is 7.87. The lowest BCUT2D eigenvalue weighted by Crippen LogP contribution is -2.03. The molecule has 78 valence electrons. The van der Waals surface area contributed by atoms with Crippen molar-refractivity contribution in [2.45, 2.75) is 19.5 Å². The molecule has 0 aromatic carbocycles. The molecule has 0 aliphatic heterocycles. The van der Waals surface area contributed by atoms with E-state index in [0.29, 0.717) is 0 Å². The quantitative estimate of drug-likeness (QED) is 0.840. The fraction of sp³-hybridized carbons (Fsp3) is 0.429.